The summed E-state index contributed by atoms with van der Waals surface area (Å²) in [5.74, 6) is 0. The molecular formula is C11H14ClN. The standard InChI is InChI=1S/C11H14ClN/c1-3-4-11(13)10-6-5-9(12)7-8(10)2/h3,5-7,11H,1,4,13H2,2H3. The van der Waals surface area contributed by atoms with Crippen LogP contribution in [0.3, 0.4) is 0 Å². The fourth-order valence-corrected chi connectivity index (χ4v) is 1.59. The lowest BCUT2D eigenvalue weighted by atomic mass is 10.00. The molecule has 0 aliphatic heterocycles. The van der Waals surface area contributed by atoms with Crippen molar-refractivity contribution >= 4 is 11.6 Å². The van der Waals surface area contributed by atoms with Crippen LogP contribution in [-0.4, -0.2) is 0 Å². The first-order valence-corrected chi connectivity index (χ1v) is 4.65. The van der Waals surface area contributed by atoms with E-state index >= 15 is 0 Å². The summed E-state index contributed by atoms with van der Waals surface area (Å²) in [6.07, 6.45) is 2.63. The van der Waals surface area contributed by atoms with Crippen LogP contribution >= 0.6 is 11.6 Å². The lowest BCUT2D eigenvalue weighted by Gasteiger charge is -2.12. The Kier molecular flexibility index (Phi) is 3.52. The minimum Gasteiger partial charge on any atom is -0.324 e. The van der Waals surface area contributed by atoms with Crippen LogP contribution in [0.5, 0.6) is 0 Å². The zero-order chi connectivity index (χ0) is 9.84. The van der Waals surface area contributed by atoms with Crippen LogP contribution in [-0.2, 0) is 0 Å². The Morgan fingerprint density at radius 1 is 1.62 bits per heavy atom. The molecule has 2 heteroatoms. The number of rotatable bonds is 3. The molecule has 1 unspecified atom stereocenters. The molecule has 0 aliphatic rings. The van der Waals surface area contributed by atoms with Gasteiger partial charge in [0.2, 0.25) is 0 Å². The van der Waals surface area contributed by atoms with Crippen LogP contribution in [0.15, 0.2) is 30.9 Å². The van der Waals surface area contributed by atoms with Gasteiger partial charge in [0.25, 0.3) is 0 Å². The van der Waals surface area contributed by atoms with Gasteiger partial charge in [0.1, 0.15) is 0 Å². The van der Waals surface area contributed by atoms with Crippen molar-refractivity contribution in [3.8, 4) is 0 Å². The van der Waals surface area contributed by atoms with E-state index in [4.69, 9.17) is 17.3 Å². The van der Waals surface area contributed by atoms with E-state index in [9.17, 15) is 0 Å². The van der Waals surface area contributed by atoms with Crippen molar-refractivity contribution in [3.63, 3.8) is 0 Å². The van der Waals surface area contributed by atoms with Gasteiger partial charge >= 0.3 is 0 Å². The number of aryl methyl sites for hydroxylation is 1. The molecule has 13 heavy (non-hydrogen) atoms. The van der Waals surface area contributed by atoms with Gasteiger partial charge < -0.3 is 5.73 Å². The third kappa shape index (κ3) is 2.58. The van der Waals surface area contributed by atoms with Crippen LogP contribution in [0, 0.1) is 6.92 Å². The molecule has 1 aromatic rings. The maximum atomic E-state index is 5.94. The summed E-state index contributed by atoms with van der Waals surface area (Å²) in [6.45, 7) is 5.69. The highest BCUT2D eigenvalue weighted by Gasteiger charge is 2.06. The van der Waals surface area contributed by atoms with Crippen LogP contribution < -0.4 is 5.73 Å². The van der Waals surface area contributed by atoms with E-state index in [1.807, 2.05) is 31.2 Å². The van der Waals surface area contributed by atoms with Crippen molar-refractivity contribution in [2.45, 2.75) is 19.4 Å². The van der Waals surface area contributed by atoms with E-state index in [-0.39, 0.29) is 6.04 Å². The van der Waals surface area contributed by atoms with E-state index in [1.54, 1.807) is 0 Å². The second-order valence-electron chi connectivity index (χ2n) is 3.13. The lowest BCUT2D eigenvalue weighted by Crippen LogP contribution is -2.10. The van der Waals surface area contributed by atoms with Crippen molar-refractivity contribution in [2.24, 2.45) is 5.73 Å². The van der Waals surface area contributed by atoms with Gasteiger partial charge in [0, 0.05) is 11.1 Å². The van der Waals surface area contributed by atoms with Crippen LogP contribution in [0.2, 0.25) is 5.02 Å². The minimum atomic E-state index is 0.0368. The maximum Gasteiger partial charge on any atom is 0.0408 e. The smallest absolute Gasteiger partial charge is 0.0408 e. The van der Waals surface area contributed by atoms with Gasteiger partial charge in [-0.15, -0.1) is 6.58 Å². The molecule has 0 radical (unpaired) electrons. The van der Waals surface area contributed by atoms with Crippen molar-refractivity contribution in [3.05, 3.63) is 47.0 Å². The normalized spacial score (nSPS) is 12.5. The van der Waals surface area contributed by atoms with E-state index in [0.717, 1.165) is 22.6 Å². The molecule has 0 aliphatic carbocycles. The van der Waals surface area contributed by atoms with Crippen LogP contribution in [0.4, 0.5) is 0 Å². The second-order valence-corrected chi connectivity index (χ2v) is 3.57. The molecule has 0 heterocycles. The van der Waals surface area contributed by atoms with Crippen molar-refractivity contribution in [1.82, 2.24) is 0 Å². The lowest BCUT2D eigenvalue weighted by molar-refractivity contribution is 0.736. The van der Waals surface area contributed by atoms with Crippen molar-refractivity contribution in [1.29, 1.82) is 0 Å². The number of nitrogens with two attached hydrogens (primary N) is 1. The van der Waals surface area contributed by atoms with Crippen molar-refractivity contribution in [2.75, 3.05) is 0 Å². The Morgan fingerprint density at radius 3 is 2.85 bits per heavy atom. The summed E-state index contributed by atoms with van der Waals surface area (Å²) in [5, 5.41) is 0.757. The molecule has 70 valence electrons. The number of benzene rings is 1. The van der Waals surface area contributed by atoms with Gasteiger partial charge in [-0.05, 0) is 36.6 Å². The molecule has 0 bridgehead atoms. The first kappa shape index (κ1) is 10.3. The molecule has 1 rings (SSSR count). The summed E-state index contributed by atoms with van der Waals surface area (Å²) < 4.78 is 0. The largest absolute Gasteiger partial charge is 0.324 e. The number of halogens is 1. The molecule has 0 spiro atoms. The van der Waals surface area contributed by atoms with E-state index in [1.165, 1.54) is 0 Å². The van der Waals surface area contributed by atoms with Gasteiger partial charge in [-0.2, -0.15) is 0 Å². The highest BCUT2D eigenvalue weighted by Crippen LogP contribution is 2.21. The van der Waals surface area contributed by atoms with E-state index in [2.05, 4.69) is 6.58 Å². The van der Waals surface area contributed by atoms with Gasteiger partial charge in [-0.25, -0.2) is 0 Å². The van der Waals surface area contributed by atoms with E-state index in [0.29, 0.717) is 0 Å². The summed E-state index contributed by atoms with van der Waals surface area (Å²) >= 11 is 5.84. The Hall–Kier alpha value is -0.790. The van der Waals surface area contributed by atoms with Gasteiger partial charge in [-0.3, -0.25) is 0 Å². The quantitative estimate of drug-likeness (QED) is 0.737. The van der Waals surface area contributed by atoms with Gasteiger partial charge in [0.05, 0.1) is 0 Å². The molecule has 1 nitrogen and oxygen atoms in total. The fraction of sp³-hybridized carbons (Fsp3) is 0.273. The summed E-state index contributed by atoms with van der Waals surface area (Å²) in [4.78, 5) is 0. The second kappa shape index (κ2) is 4.45. The Labute approximate surface area is 84.2 Å². The first-order valence-electron chi connectivity index (χ1n) is 4.27. The topological polar surface area (TPSA) is 26.0 Å². The molecule has 1 aromatic carbocycles. The SMILES string of the molecule is C=CCC(N)c1ccc(Cl)cc1C. The first-order chi connectivity index (χ1) is 6.15. The van der Waals surface area contributed by atoms with Gasteiger partial charge in [0.15, 0.2) is 0 Å². The molecule has 1 atom stereocenters. The summed E-state index contributed by atoms with van der Waals surface area (Å²) in [6, 6.07) is 5.81. The highest BCUT2D eigenvalue weighted by atomic mass is 35.5. The molecule has 0 aromatic heterocycles. The zero-order valence-electron chi connectivity index (χ0n) is 7.76. The third-order valence-corrected chi connectivity index (χ3v) is 2.29. The zero-order valence-corrected chi connectivity index (χ0v) is 8.51. The Balaban J connectivity index is 2.94. The van der Waals surface area contributed by atoms with Crippen molar-refractivity contribution < 1.29 is 0 Å². The summed E-state index contributed by atoms with van der Waals surface area (Å²) in [5.41, 5.74) is 8.23. The van der Waals surface area contributed by atoms with Crippen LogP contribution in [0.25, 0.3) is 0 Å². The average Bonchev–Trinajstić information content (AvgIpc) is 2.04. The maximum absolute atomic E-state index is 5.94. The molecule has 0 saturated heterocycles. The molecule has 0 saturated carbocycles. The van der Waals surface area contributed by atoms with E-state index < -0.39 is 0 Å². The monoisotopic (exact) mass is 195 g/mol. The van der Waals surface area contributed by atoms with Gasteiger partial charge in [-0.1, -0.05) is 23.7 Å². The third-order valence-electron chi connectivity index (χ3n) is 2.05. The molecule has 2 N–H and O–H groups in total. The predicted molar refractivity (Wildman–Crippen MR) is 57.9 cm³/mol. The molecular weight excluding hydrogens is 182 g/mol. The fourth-order valence-electron chi connectivity index (χ4n) is 1.36. The Morgan fingerprint density at radius 2 is 2.31 bits per heavy atom. The molecule has 0 amide bonds. The summed E-state index contributed by atoms with van der Waals surface area (Å²) in [7, 11) is 0. The molecule has 0 fully saturated rings. The highest BCUT2D eigenvalue weighted by molar-refractivity contribution is 6.30. The van der Waals surface area contributed by atoms with Crippen LogP contribution in [0.1, 0.15) is 23.6 Å². The number of hydrogen-bond donors (Lipinski definition) is 1. The Bertz CT molecular complexity index is 307. The average molecular weight is 196 g/mol. The number of hydrogen-bond acceptors (Lipinski definition) is 1. The minimum absolute atomic E-state index is 0.0368. The predicted octanol–water partition coefficient (Wildman–Crippen LogP) is 3.22.